The van der Waals surface area contributed by atoms with Crippen LogP contribution in [0.4, 0.5) is 5.13 Å². The summed E-state index contributed by atoms with van der Waals surface area (Å²) in [6.45, 7) is 7.91. The van der Waals surface area contributed by atoms with Crippen molar-refractivity contribution in [1.82, 2.24) is 9.88 Å². The van der Waals surface area contributed by atoms with Gasteiger partial charge in [0.05, 0.1) is 18.3 Å². The van der Waals surface area contributed by atoms with Crippen molar-refractivity contribution in [2.24, 2.45) is 0 Å². The number of carbonyl (C=O) groups is 1. The van der Waals surface area contributed by atoms with Crippen molar-refractivity contribution in [1.29, 1.82) is 0 Å². The second kappa shape index (κ2) is 7.01. The largest absolute Gasteiger partial charge is 0.392 e. The standard InChI is InChI=1S/C18H23N3O2S/c1-11-6-13(3)15(7-12(11)2)16-10-24-18(19-16)20-17(23)9-21-5-4-14(22)8-21/h6-7,10,14,22H,4-5,8-9H2,1-3H3,(H,19,20,23)/t14-/m1/s1. The van der Waals surface area contributed by atoms with E-state index >= 15 is 0 Å². The summed E-state index contributed by atoms with van der Waals surface area (Å²) in [6.07, 6.45) is 0.429. The SMILES string of the molecule is Cc1cc(C)c(-c2csc(NC(=O)CN3CC[C@@H](O)C3)n2)cc1C. The molecule has 3 rings (SSSR count). The minimum atomic E-state index is -0.308. The fourth-order valence-corrected chi connectivity index (χ4v) is 3.74. The van der Waals surface area contributed by atoms with Crippen LogP contribution in [-0.2, 0) is 4.79 Å². The molecule has 2 aromatic rings. The average Bonchev–Trinajstić information content (AvgIpc) is 3.12. The van der Waals surface area contributed by atoms with Gasteiger partial charge in [-0.25, -0.2) is 4.98 Å². The molecule has 6 heteroatoms. The highest BCUT2D eigenvalue weighted by atomic mass is 32.1. The van der Waals surface area contributed by atoms with E-state index in [9.17, 15) is 9.90 Å². The van der Waals surface area contributed by atoms with Gasteiger partial charge < -0.3 is 10.4 Å². The van der Waals surface area contributed by atoms with Crippen LogP contribution >= 0.6 is 11.3 Å². The van der Waals surface area contributed by atoms with Gasteiger partial charge in [-0.2, -0.15) is 0 Å². The maximum Gasteiger partial charge on any atom is 0.240 e. The first-order valence-electron chi connectivity index (χ1n) is 8.16. The zero-order valence-electron chi connectivity index (χ0n) is 14.3. The Morgan fingerprint density at radius 2 is 2.08 bits per heavy atom. The molecule has 2 heterocycles. The number of likely N-dealkylation sites (tertiary alicyclic amines) is 1. The third kappa shape index (κ3) is 3.83. The first kappa shape index (κ1) is 17.1. The van der Waals surface area contributed by atoms with Crippen molar-refractivity contribution in [2.75, 3.05) is 25.0 Å². The molecule has 1 fully saturated rings. The van der Waals surface area contributed by atoms with Crippen LogP contribution in [0, 0.1) is 20.8 Å². The summed E-state index contributed by atoms with van der Waals surface area (Å²) in [5.74, 6) is -0.0817. The highest BCUT2D eigenvalue weighted by Crippen LogP contribution is 2.29. The van der Waals surface area contributed by atoms with Crippen LogP contribution in [0.2, 0.25) is 0 Å². The number of carbonyl (C=O) groups excluding carboxylic acids is 1. The van der Waals surface area contributed by atoms with Crippen LogP contribution in [-0.4, -0.2) is 46.6 Å². The molecule has 0 aliphatic carbocycles. The van der Waals surface area contributed by atoms with Crippen LogP contribution in [0.5, 0.6) is 0 Å². The van der Waals surface area contributed by atoms with Gasteiger partial charge in [0.1, 0.15) is 0 Å². The van der Waals surface area contributed by atoms with Gasteiger partial charge in [-0.3, -0.25) is 9.69 Å². The molecule has 1 aliphatic rings. The Morgan fingerprint density at radius 1 is 1.33 bits per heavy atom. The number of amides is 1. The van der Waals surface area contributed by atoms with E-state index in [4.69, 9.17) is 0 Å². The Morgan fingerprint density at radius 3 is 2.79 bits per heavy atom. The van der Waals surface area contributed by atoms with Crippen LogP contribution in [0.3, 0.4) is 0 Å². The molecule has 1 aliphatic heterocycles. The number of aliphatic hydroxyl groups excluding tert-OH is 1. The van der Waals surface area contributed by atoms with Gasteiger partial charge in [-0.15, -0.1) is 11.3 Å². The number of rotatable bonds is 4. The minimum Gasteiger partial charge on any atom is -0.392 e. The summed E-state index contributed by atoms with van der Waals surface area (Å²) >= 11 is 1.44. The van der Waals surface area contributed by atoms with Gasteiger partial charge in [-0.05, 0) is 49.9 Å². The lowest BCUT2D eigenvalue weighted by atomic mass is 9.99. The number of hydrogen-bond acceptors (Lipinski definition) is 5. The zero-order chi connectivity index (χ0) is 17.3. The number of benzene rings is 1. The molecule has 1 saturated heterocycles. The van der Waals surface area contributed by atoms with Crippen molar-refractivity contribution in [2.45, 2.75) is 33.3 Å². The van der Waals surface area contributed by atoms with Gasteiger partial charge in [0.25, 0.3) is 0 Å². The predicted octanol–water partition coefficient (Wildman–Crippen LogP) is 2.74. The highest BCUT2D eigenvalue weighted by molar-refractivity contribution is 7.14. The van der Waals surface area contributed by atoms with Crippen LogP contribution in [0.1, 0.15) is 23.1 Å². The Hall–Kier alpha value is -1.76. The van der Waals surface area contributed by atoms with Gasteiger partial charge in [0.15, 0.2) is 5.13 Å². The Balaban J connectivity index is 1.67. The van der Waals surface area contributed by atoms with Crippen molar-refractivity contribution < 1.29 is 9.90 Å². The second-order valence-corrected chi connectivity index (χ2v) is 7.37. The maximum absolute atomic E-state index is 12.1. The number of aromatic nitrogens is 1. The fraction of sp³-hybridized carbons (Fsp3) is 0.444. The van der Waals surface area contributed by atoms with Gasteiger partial charge in [-0.1, -0.05) is 6.07 Å². The van der Waals surface area contributed by atoms with Crippen molar-refractivity contribution in [3.63, 3.8) is 0 Å². The number of nitrogens with zero attached hydrogens (tertiary/aromatic N) is 2. The van der Waals surface area contributed by atoms with E-state index in [0.29, 0.717) is 18.2 Å². The summed E-state index contributed by atoms with van der Waals surface area (Å²) in [4.78, 5) is 18.6. The van der Waals surface area contributed by atoms with E-state index in [1.165, 1.54) is 28.0 Å². The van der Waals surface area contributed by atoms with E-state index in [-0.39, 0.29) is 12.0 Å². The lowest BCUT2D eigenvalue weighted by Crippen LogP contribution is -2.32. The molecule has 1 aromatic heterocycles. The first-order valence-corrected chi connectivity index (χ1v) is 9.04. The number of β-amino-alcohol motifs (C(OH)–C–C–N with tert-alkyl or cyclic N) is 1. The summed E-state index contributed by atoms with van der Waals surface area (Å²) in [5.41, 5.74) is 5.70. The molecule has 0 radical (unpaired) electrons. The van der Waals surface area contributed by atoms with Crippen LogP contribution in [0.25, 0.3) is 11.3 Å². The van der Waals surface area contributed by atoms with E-state index in [1.807, 2.05) is 10.3 Å². The van der Waals surface area contributed by atoms with Gasteiger partial charge >= 0.3 is 0 Å². The maximum atomic E-state index is 12.1. The Bertz CT molecular complexity index is 757. The zero-order valence-corrected chi connectivity index (χ0v) is 15.1. The normalized spacial score (nSPS) is 18.1. The Kier molecular flexibility index (Phi) is 4.99. The van der Waals surface area contributed by atoms with E-state index in [1.54, 1.807) is 0 Å². The van der Waals surface area contributed by atoms with Gasteiger partial charge in [0.2, 0.25) is 5.91 Å². The van der Waals surface area contributed by atoms with Crippen molar-refractivity contribution in [3.05, 3.63) is 34.2 Å². The van der Waals surface area contributed by atoms with Crippen molar-refractivity contribution in [3.8, 4) is 11.3 Å². The minimum absolute atomic E-state index is 0.0817. The topological polar surface area (TPSA) is 65.5 Å². The molecular weight excluding hydrogens is 322 g/mol. The van der Waals surface area contributed by atoms with Crippen molar-refractivity contribution >= 4 is 22.4 Å². The molecule has 0 saturated carbocycles. The smallest absolute Gasteiger partial charge is 0.240 e. The number of aryl methyl sites for hydroxylation is 3. The molecule has 0 unspecified atom stereocenters. The molecule has 1 atom stereocenters. The number of thiazole rings is 1. The summed E-state index contributed by atoms with van der Waals surface area (Å²) < 4.78 is 0. The molecule has 2 N–H and O–H groups in total. The Labute approximate surface area is 146 Å². The molecule has 0 spiro atoms. The monoisotopic (exact) mass is 345 g/mol. The quantitative estimate of drug-likeness (QED) is 0.894. The van der Waals surface area contributed by atoms with Gasteiger partial charge in [0, 0.05) is 24.0 Å². The molecule has 5 nitrogen and oxygen atoms in total. The summed E-state index contributed by atoms with van der Waals surface area (Å²) in [5, 5.41) is 15.0. The summed E-state index contributed by atoms with van der Waals surface area (Å²) in [7, 11) is 0. The molecule has 0 bridgehead atoms. The second-order valence-electron chi connectivity index (χ2n) is 6.52. The van der Waals surface area contributed by atoms with Crippen LogP contribution < -0.4 is 5.32 Å². The lowest BCUT2D eigenvalue weighted by molar-refractivity contribution is -0.117. The lowest BCUT2D eigenvalue weighted by Gasteiger charge is -2.13. The molecule has 24 heavy (non-hydrogen) atoms. The predicted molar refractivity (Wildman–Crippen MR) is 97.5 cm³/mol. The molecular formula is C18H23N3O2S. The molecule has 1 amide bonds. The fourth-order valence-electron chi connectivity index (χ4n) is 3.01. The number of hydrogen-bond donors (Lipinski definition) is 2. The average molecular weight is 345 g/mol. The first-order chi connectivity index (χ1) is 11.4. The van der Waals surface area contributed by atoms with Crippen LogP contribution in [0.15, 0.2) is 17.5 Å². The third-order valence-electron chi connectivity index (χ3n) is 4.48. The highest BCUT2D eigenvalue weighted by Gasteiger charge is 2.22. The number of anilines is 1. The third-order valence-corrected chi connectivity index (χ3v) is 5.24. The number of aliphatic hydroxyl groups is 1. The van der Waals surface area contributed by atoms with E-state index < -0.39 is 0 Å². The molecule has 1 aromatic carbocycles. The van der Waals surface area contributed by atoms with E-state index in [2.05, 4.69) is 43.2 Å². The van der Waals surface area contributed by atoms with E-state index in [0.717, 1.165) is 24.2 Å². The number of nitrogens with one attached hydrogen (secondary N) is 1. The summed E-state index contributed by atoms with van der Waals surface area (Å²) in [6, 6.07) is 4.32. The molecule has 128 valence electrons.